The molecule has 0 saturated carbocycles. The Bertz CT molecular complexity index is 1070. The van der Waals surface area contributed by atoms with Gasteiger partial charge in [-0.25, -0.2) is 4.98 Å². The zero-order valence-electron chi connectivity index (χ0n) is 13.2. The van der Waals surface area contributed by atoms with Crippen molar-refractivity contribution in [3.05, 3.63) is 63.3 Å². The maximum absolute atomic E-state index is 12.7. The van der Waals surface area contributed by atoms with Crippen LogP contribution in [-0.4, -0.2) is 15.1 Å². The minimum Gasteiger partial charge on any atom is -0.508 e. The molecular formula is C18H14N2O2S3. The van der Waals surface area contributed by atoms with Crippen LogP contribution >= 0.6 is 34.4 Å². The second-order valence-corrected chi connectivity index (χ2v) is 8.73. The lowest BCUT2D eigenvalue weighted by atomic mass is 10.2. The summed E-state index contributed by atoms with van der Waals surface area (Å²) in [5.74, 6) is 0.903. The molecule has 1 atom stereocenters. The number of aromatic nitrogens is 2. The van der Waals surface area contributed by atoms with Gasteiger partial charge in [-0.05, 0) is 42.6 Å². The van der Waals surface area contributed by atoms with E-state index in [0.29, 0.717) is 11.2 Å². The zero-order valence-corrected chi connectivity index (χ0v) is 15.7. The standard InChI is InChI=1S/C18H14N2O2S3/c1-10(25-12-6-4-11(21)5-7-12)16-19-17(22)15-13(9-24-18(15)20-16)14-3-2-8-23-14/h2-10,21H,1H3,(H,19,20,22). The highest BCUT2D eigenvalue weighted by molar-refractivity contribution is 7.99. The van der Waals surface area contributed by atoms with E-state index in [0.717, 1.165) is 20.2 Å². The molecule has 126 valence electrons. The number of thiophene rings is 2. The molecule has 1 unspecified atom stereocenters. The summed E-state index contributed by atoms with van der Waals surface area (Å²) in [7, 11) is 0. The molecule has 0 spiro atoms. The maximum Gasteiger partial charge on any atom is 0.260 e. The lowest BCUT2D eigenvalue weighted by molar-refractivity contribution is 0.475. The Morgan fingerprint density at radius 1 is 1.20 bits per heavy atom. The second kappa shape index (κ2) is 6.67. The first-order valence-corrected chi connectivity index (χ1v) is 10.3. The predicted octanol–water partition coefficient (Wildman–Crippen LogP) is 5.27. The van der Waals surface area contributed by atoms with Crippen LogP contribution < -0.4 is 5.56 Å². The summed E-state index contributed by atoms with van der Waals surface area (Å²) >= 11 is 4.71. The average Bonchev–Trinajstić information content (AvgIpc) is 3.25. The first kappa shape index (κ1) is 16.4. The lowest BCUT2D eigenvalue weighted by Crippen LogP contribution is -2.12. The number of phenolic OH excluding ortho intramolecular Hbond substituents is 1. The van der Waals surface area contributed by atoms with Crippen LogP contribution in [0.2, 0.25) is 0 Å². The van der Waals surface area contributed by atoms with E-state index in [2.05, 4.69) is 9.97 Å². The van der Waals surface area contributed by atoms with Crippen molar-refractivity contribution in [2.24, 2.45) is 0 Å². The first-order valence-electron chi connectivity index (χ1n) is 7.63. The minimum absolute atomic E-state index is 0.00562. The van der Waals surface area contributed by atoms with E-state index in [4.69, 9.17) is 0 Å². The summed E-state index contributed by atoms with van der Waals surface area (Å²) in [5, 5.41) is 14.0. The monoisotopic (exact) mass is 386 g/mol. The third kappa shape index (κ3) is 3.22. The summed E-state index contributed by atoms with van der Waals surface area (Å²) in [4.78, 5) is 23.1. The Hall–Kier alpha value is -2.09. The van der Waals surface area contributed by atoms with E-state index in [-0.39, 0.29) is 16.6 Å². The molecule has 4 nitrogen and oxygen atoms in total. The molecule has 25 heavy (non-hydrogen) atoms. The molecule has 0 aliphatic rings. The quantitative estimate of drug-likeness (QED) is 0.469. The van der Waals surface area contributed by atoms with E-state index in [1.165, 1.54) is 11.3 Å². The largest absolute Gasteiger partial charge is 0.508 e. The van der Waals surface area contributed by atoms with Crippen LogP contribution in [0.15, 0.2) is 56.8 Å². The first-order chi connectivity index (χ1) is 12.1. The molecule has 0 aliphatic heterocycles. The van der Waals surface area contributed by atoms with Crippen molar-refractivity contribution in [2.75, 3.05) is 0 Å². The Kier molecular flexibility index (Phi) is 4.37. The number of thioether (sulfide) groups is 1. The van der Waals surface area contributed by atoms with Crippen LogP contribution in [0.4, 0.5) is 0 Å². The molecule has 0 aliphatic carbocycles. The molecule has 3 aromatic heterocycles. The molecule has 0 amide bonds. The number of rotatable bonds is 4. The van der Waals surface area contributed by atoms with Gasteiger partial charge >= 0.3 is 0 Å². The third-order valence-corrected chi connectivity index (χ3v) is 6.68. The van der Waals surface area contributed by atoms with Crippen LogP contribution in [0.1, 0.15) is 18.0 Å². The van der Waals surface area contributed by atoms with Gasteiger partial charge in [-0.3, -0.25) is 4.79 Å². The third-order valence-electron chi connectivity index (χ3n) is 3.78. The van der Waals surface area contributed by atoms with Gasteiger partial charge in [0.25, 0.3) is 5.56 Å². The molecule has 0 saturated heterocycles. The minimum atomic E-state index is -0.0946. The molecule has 0 fully saturated rings. The van der Waals surface area contributed by atoms with Crippen molar-refractivity contribution in [3.8, 4) is 16.2 Å². The van der Waals surface area contributed by atoms with Gasteiger partial charge in [0.15, 0.2) is 0 Å². The van der Waals surface area contributed by atoms with E-state index in [1.54, 1.807) is 35.2 Å². The zero-order chi connectivity index (χ0) is 17.4. The summed E-state index contributed by atoms with van der Waals surface area (Å²) in [5.41, 5.74) is 0.858. The van der Waals surface area contributed by atoms with E-state index >= 15 is 0 Å². The molecule has 4 rings (SSSR count). The number of aromatic amines is 1. The van der Waals surface area contributed by atoms with Crippen LogP contribution in [0.25, 0.3) is 20.7 Å². The van der Waals surface area contributed by atoms with Crippen molar-refractivity contribution < 1.29 is 5.11 Å². The highest BCUT2D eigenvalue weighted by Crippen LogP contribution is 2.36. The van der Waals surface area contributed by atoms with Crippen molar-refractivity contribution in [1.29, 1.82) is 0 Å². The number of nitrogens with zero attached hydrogens (tertiary/aromatic N) is 1. The van der Waals surface area contributed by atoms with Crippen molar-refractivity contribution >= 4 is 44.7 Å². The van der Waals surface area contributed by atoms with Gasteiger partial charge in [0.1, 0.15) is 16.4 Å². The fourth-order valence-corrected chi connectivity index (χ4v) is 5.25. The van der Waals surface area contributed by atoms with Crippen LogP contribution in [-0.2, 0) is 0 Å². The van der Waals surface area contributed by atoms with E-state index in [9.17, 15) is 9.90 Å². The van der Waals surface area contributed by atoms with Crippen LogP contribution in [0, 0.1) is 0 Å². The number of aromatic hydroxyl groups is 1. The molecule has 3 heterocycles. The SMILES string of the molecule is CC(Sc1ccc(O)cc1)c1nc2scc(-c3cccs3)c2c(=O)[nH]1. The lowest BCUT2D eigenvalue weighted by Gasteiger charge is -2.10. The van der Waals surface area contributed by atoms with Crippen LogP contribution in [0.3, 0.4) is 0 Å². The van der Waals surface area contributed by atoms with Crippen molar-refractivity contribution in [3.63, 3.8) is 0 Å². The maximum atomic E-state index is 12.7. The summed E-state index contributed by atoms with van der Waals surface area (Å²) in [6.07, 6.45) is 0. The predicted molar refractivity (Wildman–Crippen MR) is 106 cm³/mol. The smallest absolute Gasteiger partial charge is 0.260 e. The average molecular weight is 387 g/mol. The second-order valence-electron chi connectivity index (χ2n) is 5.51. The van der Waals surface area contributed by atoms with Gasteiger partial charge < -0.3 is 10.1 Å². The van der Waals surface area contributed by atoms with Gasteiger partial charge in [-0.15, -0.1) is 34.4 Å². The fraction of sp³-hybridized carbons (Fsp3) is 0.111. The molecule has 7 heteroatoms. The van der Waals surface area contributed by atoms with Gasteiger partial charge in [0.05, 0.1) is 10.6 Å². The number of nitrogens with one attached hydrogen (secondary N) is 1. The molecule has 2 N–H and O–H groups in total. The number of hydrogen-bond donors (Lipinski definition) is 2. The number of H-pyrrole nitrogens is 1. The topological polar surface area (TPSA) is 66.0 Å². The summed E-state index contributed by atoms with van der Waals surface area (Å²) < 4.78 is 0. The number of hydrogen-bond acceptors (Lipinski definition) is 6. The van der Waals surface area contributed by atoms with Crippen molar-refractivity contribution in [1.82, 2.24) is 9.97 Å². The number of benzene rings is 1. The summed E-state index contributed by atoms with van der Waals surface area (Å²) in [6, 6.07) is 11.0. The Morgan fingerprint density at radius 3 is 2.72 bits per heavy atom. The molecule has 0 bridgehead atoms. The van der Waals surface area contributed by atoms with E-state index < -0.39 is 0 Å². The Morgan fingerprint density at radius 2 is 2.00 bits per heavy atom. The normalized spacial score (nSPS) is 12.5. The molecule has 0 radical (unpaired) electrons. The Balaban J connectivity index is 1.69. The van der Waals surface area contributed by atoms with Gasteiger partial charge in [0, 0.05) is 20.7 Å². The number of phenols is 1. The number of fused-ring (bicyclic) bond motifs is 1. The highest BCUT2D eigenvalue weighted by Gasteiger charge is 2.17. The summed E-state index contributed by atoms with van der Waals surface area (Å²) in [6.45, 7) is 2.01. The molecule has 1 aromatic carbocycles. The molecular weight excluding hydrogens is 372 g/mol. The molecule has 4 aromatic rings. The highest BCUT2D eigenvalue weighted by atomic mass is 32.2. The fourth-order valence-electron chi connectivity index (χ4n) is 2.56. The Labute approximate surface area is 156 Å². The van der Waals surface area contributed by atoms with Crippen molar-refractivity contribution in [2.45, 2.75) is 17.1 Å². The van der Waals surface area contributed by atoms with Crippen LogP contribution in [0.5, 0.6) is 5.75 Å². The van der Waals surface area contributed by atoms with Gasteiger partial charge in [-0.1, -0.05) is 6.07 Å². The van der Waals surface area contributed by atoms with Gasteiger partial charge in [0.2, 0.25) is 0 Å². The van der Waals surface area contributed by atoms with E-state index in [1.807, 2.05) is 41.9 Å². The van der Waals surface area contributed by atoms with Gasteiger partial charge in [-0.2, -0.15) is 0 Å².